The third-order valence-electron chi connectivity index (χ3n) is 4.91. The highest BCUT2D eigenvalue weighted by atomic mass is 32.2. The lowest BCUT2D eigenvalue weighted by molar-refractivity contribution is 0.0858. The number of hydrogen-bond acceptors (Lipinski definition) is 5. The summed E-state index contributed by atoms with van der Waals surface area (Å²) in [5.41, 5.74) is 1.75. The number of ether oxygens (including phenoxy) is 2. The van der Waals surface area contributed by atoms with Crippen molar-refractivity contribution in [2.45, 2.75) is 37.7 Å². The summed E-state index contributed by atoms with van der Waals surface area (Å²) < 4.78 is 39.3. The Morgan fingerprint density at radius 2 is 1.97 bits per heavy atom. The summed E-state index contributed by atoms with van der Waals surface area (Å²) in [6.07, 6.45) is 1.90. The number of anilines is 1. The van der Waals surface area contributed by atoms with Crippen LogP contribution in [0.1, 0.15) is 34.3 Å². The van der Waals surface area contributed by atoms with E-state index in [0.29, 0.717) is 30.0 Å². The molecule has 7 nitrogen and oxygen atoms in total. The average molecular weight is 419 g/mol. The first-order valence-electron chi connectivity index (χ1n) is 9.48. The normalized spacial score (nSPS) is 16.4. The van der Waals surface area contributed by atoms with Crippen molar-refractivity contribution in [2.24, 2.45) is 0 Å². The van der Waals surface area contributed by atoms with Gasteiger partial charge in [0.05, 0.1) is 29.4 Å². The van der Waals surface area contributed by atoms with Crippen molar-refractivity contribution in [3.05, 3.63) is 53.1 Å². The van der Waals surface area contributed by atoms with Gasteiger partial charge in [0.1, 0.15) is 5.75 Å². The zero-order valence-corrected chi connectivity index (χ0v) is 17.6. The Morgan fingerprint density at radius 1 is 1.21 bits per heavy atom. The second-order valence-electron chi connectivity index (χ2n) is 7.08. The predicted molar refractivity (Wildman–Crippen MR) is 111 cm³/mol. The van der Waals surface area contributed by atoms with Crippen molar-refractivity contribution in [3.63, 3.8) is 0 Å². The molecular formula is C21H26N2O5S. The highest BCUT2D eigenvalue weighted by molar-refractivity contribution is 7.92. The molecule has 1 heterocycles. The van der Waals surface area contributed by atoms with Gasteiger partial charge in [-0.3, -0.25) is 9.52 Å². The molecule has 1 atom stereocenters. The van der Waals surface area contributed by atoms with Gasteiger partial charge in [-0.1, -0.05) is 12.1 Å². The predicted octanol–water partition coefficient (Wildman–Crippen LogP) is 3.02. The van der Waals surface area contributed by atoms with E-state index in [9.17, 15) is 13.2 Å². The van der Waals surface area contributed by atoms with E-state index in [1.54, 1.807) is 57.4 Å². The number of nitrogens with one attached hydrogen (secondary N) is 2. The first kappa shape index (κ1) is 21.1. The van der Waals surface area contributed by atoms with Crippen molar-refractivity contribution in [1.29, 1.82) is 0 Å². The molecule has 1 unspecified atom stereocenters. The van der Waals surface area contributed by atoms with Crippen LogP contribution in [-0.2, 0) is 14.8 Å². The number of carbonyl (C=O) groups is 1. The molecule has 0 bridgehead atoms. The summed E-state index contributed by atoms with van der Waals surface area (Å²) in [4.78, 5) is 12.8. The van der Waals surface area contributed by atoms with Crippen LogP contribution in [0.4, 0.5) is 5.69 Å². The maximum atomic E-state index is 13.0. The lowest BCUT2D eigenvalue weighted by Crippen LogP contribution is -2.32. The Balaban J connectivity index is 1.82. The largest absolute Gasteiger partial charge is 0.496 e. The zero-order valence-electron chi connectivity index (χ0n) is 16.8. The molecule has 1 saturated heterocycles. The minimum absolute atomic E-state index is 0.00716. The Morgan fingerprint density at radius 3 is 2.66 bits per heavy atom. The quantitative estimate of drug-likeness (QED) is 0.721. The van der Waals surface area contributed by atoms with Crippen LogP contribution in [0.15, 0.2) is 41.3 Å². The van der Waals surface area contributed by atoms with Crippen LogP contribution in [0.5, 0.6) is 5.75 Å². The number of carbonyl (C=O) groups excluding carboxylic acids is 1. The molecule has 0 saturated carbocycles. The molecule has 0 aromatic heterocycles. The number of hydrogen-bond donors (Lipinski definition) is 2. The van der Waals surface area contributed by atoms with Crippen LogP contribution >= 0.6 is 0 Å². The average Bonchev–Trinajstić information content (AvgIpc) is 3.21. The molecule has 3 rings (SSSR count). The first-order valence-corrected chi connectivity index (χ1v) is 11.0. The Hall–Kier alpha value is -2.58. The van der Waals surface area contributed by atoms with E-state index < -0.39 is 10.0 Å². The van der Waals surface area contributed by atoms with Crippen molar-refractivity contribution in [1.82, 2.24) is 5.32 Å². The lowest BCUT2D eigenvalue weighted by Gasteiger charge is -2.16. The molecule has 2 aromatic rings. The molecule has 2 aromatic carbocycles. The summed E-state index contributed by atoms with van der Waals surface area (Å²) in [6, 6.07) is 9.79. The molecule has 156 valence electrons. The molecule has 1 aliphatic rings. The monoisotopic (exact) mass is 418 g/mol. The third-order valence-corrected chi connectivity index (χ3v) is 6.42. The molecule has 1 aliphatic heterocycles. The smallest absolute Gasteiger partial charge is 0.262 e. The number of aryl methyl sites for hydroxylation is 2. The molecule has 0 radical (unpaired) electrons. The third kappa shape index (κ3) is 4.89. The number of amides is 1. The highest BCUT2D eigenvalue weighted by Gasteiger charge is 2.22. The summed E-state index contributed by atoms with van der Waals surface area (Å²) in [6.45, 7) is 4.59. The number of benzene rings is 2. The minimum atomic E-state index is -3.89. The first-order chi connectivity index (χ1) is 13.8. The number of sulfonamides is 1. The second-order valence-corrected chi connectivity index (χ2v) is 8.73. The molecule has 8 heteroatoms. The molecule has 0 aliphatic carbocycles. The minimum Gasteiger partial charge on any atom is -0.496 e. The lowest BCUT2D eigenvalue weighted by atomic mass is 10.1. The van der Waals surface area contributed by atoms with Gasteiger partial charge in [0.2, 0.25) is 0 Å². The standard InChI is InChI=1S/C21H26N2O5S/c1-14-12-20(15(2)11-19(14)27-3)29(25,26)23-18-9-5-4-8-17(18)21(24)22-13-16-7-6-10-28-16/h4-5,8-9,11-12,16,23H,6-7,10,13H2,1-3H3,(H,22,24). The van der Waals surface area contributed by atoms with E-state index in [1.165, 1.54) is 0 Å². The zero-order chi connectivity index (χ0) is 21.0. The van der Waals surface area contributed by atoms with E-state index in [4.69, 9.17) is 9.47 Å². The van der Waals surface area contributed by atoms with E-state index in [1.807, 2.05) is 0 Å². The fourth-order valence-corrected chi connectivity index (χ4v) is 4.74. The molecule has 1 fully saturated rings. The van der Waals surface area contributed by atoms with Crippen molar-refractivity contribution >= 4 is 21.6 Å². The number of para-hydroxylation sites is 1. The molecule has 29 heavy (non-hydrogen) atoms. The number of methoxy groups -OCH3 is 1. The van der Waals surface area contributed by atoms with Gasteiger partial charge in [-0.2, -0.15) is 0 Å². The van der Waals surface area contributed by atoms with Gasteiger partial charge in [0, 0.05) is 13.2 Å². The highest BCUT2D eigenvalue weighted by Crippen LogP contribution is 2.28. The van der Waals surface area contributed by atoms with Gasteiger partial charge in [-0.15, -0.1) is 0 Å². The summed E-state index contributed by atoms with van der Waals surface area (Å²) >= 11 is 0. The maximum Gasteiger partial charge on any atom is 0.262 e. The van der Waals surface area contributed by atoms with Crippen LogP contribution in [-0.4, -0.2) is 40.7 Å². The van der Waals surface area contributed by atoms with Gasteiger partial charge in [0.25, 0.3) is 15.9 Å². The maximum absolute atomic E-state index is 13.0. The van der Waals surface area contributed by atoms with Gasteiger partial charge < -0.3 is 14.8 Å². The van der Waals surface area contributed by atoms with Crippen molar-refractivity contribution in [2.75, 3.05) is 25.0 Å². The van der Waals surface area contributed by atoms with E-state index in [-0.39, 0.29) is 28.2 Å². The van der Waals surface area contributed by atoms with E-state index in [2.05, 4.69) is 10.0 Å². The molecule has 1 amide bonds. The van der Waals surface area contributed by atoms with E-state index in [0.717, 1.165) is 12.8 Å². The topological polar surface area (TPSA) is 93.7 Å². The second kappa shape index (κ2) is 8.84. The van der Waals surface area contributed by atoms with Crippen LogP contribution < -0.4 is 14.8 Å². The Kier molecular flexibility index (Phi) is 6.44. The molecule has 2 N–H and O–H groups in total. The van der Waals surface area contributed by atoms with Crippen LogP contribution in [0, 0.1) is 13.8 Å². The van der Waals surface area contributed by atoms with Gasteiger partial charge in [-0.25, -0.2) is 8.42 Å². The summed E-state index contributed by atoms with van der Waals surface area (Å²) in [7, 11) is -2.35. The fraction of sp³-hybridized carbons (Fsp3) is 0.381. The molecular weight excluding hydrogens is 392 g/mol. The van der Waals surface area contributed by atoms with E-state index >= 15 is 0 Å². The van der Waals surface area contributed by atoms with Gasteiger partial charge >= 0.3 is 0 Å². The Labute approximate surface area is 171 Å². The molecule has 0 spiro atoms. The number of rotatable bonds is 7. The SMILES string of the molecule is COc1cc(C)c(S(=O)(=O)Nc2ccccc2C(=O)NCC2CCCO2)cc1C. The van der Waals surface area contributed by atoms with Crippen LogP contribution in [0.3, 0.4) is 0 Å². The van der Waals surface area contributed by atoms with Crippen molar-refractivity contribution in [3.8, 4) is 5.75 Å². The summed E-state index contributed by atoms with van der Waals surface area (Å²) in [5.74, 6) is 0.275. The summed E-state index contributed by atoms with van der Waals surface area (Å²) in [5, 5.41) is 2.83. The van der Waals surface area contributed by atoms with Crippen LogP contribution in [0.25, 0.3) is 0 Å². The van der Waals surface area contributed by atoms with Crippen LogP contribution in [0.2, 0.25) is 0 Å². The van der Waals surface area contributed by atoms with Gasteiger partial charge in [-0.05, 0) is 62.1 Å². The Bertz CT molecular complexity index is 998. The fourth-order valence-electron chi connectivity index (χ4n) is 3.35. The van der Waals surface area contributed by atoms with Crippen molar-refractivity contribution < 1.29 is 22.7 Å². The van der Waals surface area contributed by atoms with Gasteiger partial charge in [0.15, 0.2) is 0 Å².